The molecule has 80 valence electrons. The van der Waals surface area contributed by atoms with E-state index in [0.717, 1.165) is 19.3 Å². The van der Waals surface area contributed by atoms with Gasteiger partial charge in [-0.15, -0.1) is 6.58 Å². The van der Waals surface area contributed by atoms with Gasteiger partial charge in [0.25, 0.3) is 0 Å². The minimum absolute atomic E-state index is 0.157. The highest BCUT2D eigenvalue weighted by atomic mass is 16.5. The van der Waals surface area contributed by atoms with Crippen LogP contribution in [0.3, 0.4) is 0 Å². The van der Waals surface area contributed by atoms with Gasteiger partial charge in [0, 0.05) is 5.92 Å². The molecule has 0 saturated heterocycles. The Bertz CT molecular complexity index is 225. The van der Waals surface area contributed by atoms with Crippen LogP contribution < -0.4 is 0 Å². The molecular formula is C11H18O3. The van der Waals surface area contributed by atoms with E-state index in [4.69, 9.17) is 4.74 Å². The lowest BCUT2D eigenvalue weighted by molar-refractivity contribution is -0.172. The van der Waals surface area contributed by atoms with Crippen molar-refractivity contribution in [2.24, 2.45) is 5.92 Å². The monoisotopic (exact) mass is 198 g/mol. The van der Waals surface area contributed by atoms with Crippen LogP contribution in [0.1, 0.15) is 32.6 Å². The van der Waals surface area contributed by atoms with Crippen molar-refractivity contribution in [1.29, 1.82) is 0 Å². The largest absolute Gasteiger partial charge is 0.464 e. The zero-order valence-electron chi connectivity index (χ0n) is 8.66. The summed E-state index contributed by atoms with van der Waals surface area (Å²) in [6.07, 6.45) is 4.88. The molecule has 1 rings (SSSR count). The summed E-state index contributed by atoms with van der Waals surface area (Å²) < 4.78 is 4.88. The van der Waals surface area contributed by atoms with Crippen molar-refractivity contribution < 1.29 is 14.6 Å². The van der Waals surface area contributed by atoms with E-state index in [1.54, 1.807) is 13.0 Å². The lowest BCUT2D eigenvalue weighted by Crippen LogP contribution is -2.48. The first-order valence-corrected chi connectivity index (χ1v) is 5.17. The molecular weight excluding hydrogens is 180 g/mol. The maximum atomic E-state index is 11.6. The number of hydrogen-bond acceptors (Lipinski definition) is 3. The average Bonchev–Trinajstić information content (AvgIpc) is 2.19. The van der Waals surface area contributed by atoms with E-state index < -0.39 is 11.6 Å². The van der Waals surface area contributed by atoms with Crippen LogP contribution in [0, 0.1) is 5.92 Å². The van der Waals surface area contributed by atoms with Gasteiger partial charge in [-0.05, 0) is 26.2 Å². The molecule has 0 aromatic heterocycles. The van der Waals surface area contributed by atoms with Gasteiger partial charge in [0.05, 0.1) is 6.61 Å². The third-order valence-electron chi connectivity index (χ3n) is 2.85. The van der Waals surface area contributed by atoms with Gasteiger partial charge in [0.15, 0.2) is 5.60 Å². The molecule has 1 aliphatic rings. The molecule has 0 unspecified atom stereocenters. The second-order valence-corrected chi connectivity index (χ2v) is 3.73. The minimum Gasteiger partial charge on any atom is -0.464 e. The van der Waals surface area contributed by atoms with Crippen LogP contribution in [0.2, 0.25) is 0 Å². The molecule has 0 spiro atoms. The van der Waals surface area contributed by atoms with Crippen LogP contribution in [0.15, 0.2) is 12.7 Å². The van der Waals surface area contributed by atoms with Crippen LogP contribution in [-0.4, -0.2) is 23.3 Å². The Labute approximate surface area is 84.8 Å². The summed E-state index contributed by atoms with van der Waals surface area (Å²) in [5.74, 6) is -0.653. The predicted molar refractivity (Wildman–Crippen MR) is 53.7 cm³/mol. The highest BCUT2D eigenvalue weighted by Crippen LogP contribution is 2.35. The Hall–Kier alpha value is -0.830. The molecule has 0 aromatic carbocycles. The van der Waals surface area contributed by atoms with Crippen molar-refractivity contribution in [1.82, 2.24) is 0 Å². The van der Waals surface area contributed by atoms with Crippen molar-refractivity contribution in [2.75, 3.05) is 6.61 Å². The van der Waals surface area contributed by atoms with Crippen LogP contribution in [0.5, 0.6) is 0 Å². The van der Waals surface area contributed by atoms with E-state index in [-0.39, 0.29) is 5.92 Å². The van der Waals surface area contributed by atoms with E-state index in [1.807, 2.05) is 0 Å². The van der Waals surface area contributed by atoms with Crippen molar-refractivity contribution in [3.8, 4) is 0 Å². The van der Waals surface area contributed by atoms with Crippen molar-refractivity contribution in [2.45, 2.75) is 38.2 Å². The molecule has 3 heteroatoms. The normalized spacial score (nSPS) is 32.3. The lowest BCUT2D eigenvalue weighted by Gasteiger charge is -2.35. The first-order valence-electron chi connectivity index (χ1n) is 5.17. The lowest BCUT2D eigenvalue weighted by atomic mass is 9.75. The molecule has 0 heterocycles. The first-order chi connectivity index (χ1) is 6.65. The Morgan fingerprint density at radius 2 is 2.43 bits per heavy atom. The second kappa shape index (κ2) is 4.60. The summed E-state index contributed by atoms with van der Waals surface area (Å²) >= 11 is 0. The van der Waals surface area contributed by atoms with Crippen LogP contribution in [-0.2, 0) is 9.53 Å². The molecule has 1 N–H and O–H groups in total. The van der Waals surface area contributed by atoms with Gasteiger partial charge in [0.2, 0.25) is 0 Å². The smallest absolute Gasteiger partial charge is 0.338 e. The first kappa shape index (κ1) is 11.2. The highest BCUT2D eigenvalue weighted by molar-refractivity contribution is 5.80. The fourth-order valence-corrected chi connectivity index (χ4v) is 2.01. The molecule has 0 bridgehead atoms. The van der Waals surface area contributed by atoms with E-state index in [0.29, 0.717) is 13.0 Å². The third-order valence-corrected chi connectivity index (χ3v) is 2.85. The maximum Gasteiger partial charge on any atom is 0.338 e. The molecule has 0 amide bonds. The van der Waals surface area contributed by atoms with Gasteiger partial charge in [-0.1, -0.05) is 12.5 Å². The Morgan fingerprint density at radius 3 is 3.00 bits per heavy atom. The summed E-state index contributed by atoms with van der Waals surface area (Å²) in [6.45, 7) is 5.71. The standard InChI is InChI=1S/C11H18O3/c1-3-9-7-5-6-8-11(9,13)10(12)14-4-2/h3,9,13H,1,4-8H2,2H3/t9-,11-/m0/s1. The maximum absolute atomic E-state index is 11.6. The number of aliphatic hydroxyl groups is 1. The molecule has 1 fully saturated rings. The summed E-state index contributed by atoms with van der Waals surface area (Å²) in [5.41, 5.74) is -1.32. The summed E-state index contributed by atoms with van der Waals surface area (Å²) in [4.78, 5) is 11.6. The van der Waals surface area contributed by atoms with Gasteiger partial charge < -0.3 is 9.84 Å². The summed E-state index contributed by atoms with van der Waals surface area (Å²) in [6, 6.07) is 0. The predicted octanol–water partition coefficient (Wildman–Crippen LogP) is 1.66. The molecule has 2 atom stereocenters. The Morgan fingerprint density at radius 1 is 1.71 bits per heavy atom. The SMILES string of the molecule is C=C[C@H]1CCCC[C@@]1(O)C(=O)OCC. The summed E-state index contributed by atoms with van der Waals surface area (Å²) in [7, 11) is 0. The molecule has 1 saturated carbocycles. The molecule has 3 nitrogen and oxygen atoms in total. The zero-order chi connectivity index (χ0) is 10.6. The van der Waals surface area contributed by atoms with E-state index in [1.165, 1.54) is 0 Å². The van der Waals surface area contributed by atoms with Gasteiger partial charge in [0.1, 0.15) is 0 Å². The Balaban J connectivity index is 2.76. The number of esters is 1. The Kier molecular flexibility index (Phi) is 3.69. The number of carbonyl (C=O) groups excluding carboxylic acids is 1. The topological polar surface area (TPSA) is 46.5 Å². The van der Waals surface area contributed by atoms with Gasteiger partial charge in [-0.2, -0.15) is 0 Å². The van der Waals surface area contributed by atoms with E-state index in [2.05, 4.69) is 6.58 Å². The molecule has 1 aliphatic carbocycles. The number of rotatable bonds is 3. The quantitative estimate of drug-likeness (QED) is 0.554. The number of carbonyl (C=O) groups is 1. The van der Waals surface area contributed by atoms with Gasteiger partial charge >= 0.3 is 5.97 Å². The highest BCUT2D eigenvalue weighted by Gasteiger charge is 2.45. The van der Waals surface area contributed by atoms with Crippen molar-refractivity contribution in [3.63, 3.8) is 0 Å². The third kappa shape index (κ3) is 1.98. The number of ether oxygens (including phenoxy) is 1. The molecule has 0 aliphatic heterocycles. The minimum atomic E-state index is -1.32. The summed E-state index contributed by atoms with van der Waals surface area (Å²) in [5, 5.41) is 10.2. The van der Waals surface area contributed by atoms with Crippen molar-refractivity contribution >= 4 is 5.97 Å². The van der Waals surface area contributed by atoms with Crippen LogP contribution >= 0.6 is 0 Å². The van der Waals surface area contributed by atoms with Crippen LogP contribution in [0.25, 0.3) is 0 Å². The molecule has 14 heavy (non-hydrogen) atoms. The average molecular weight is 198 g/mol. The van der Waals surface area contributed by atoms with E-state index in [9.17, 15) is 9.90 Å². The second-order valence-electron chi connectivity index (χ2n) is 3.73. The number of hydrogen-bond donors (Lipinski definition) is 1. The van der Waals surface area contributed by atoms with Gasteiger partial charge in [-0.3, -0.25) is 0 Å². The zero-order valence-corrected chi connectivity index (χ0v) is 8.66. The van der Waals surface area contributed by atoms with Crippen LogP contribution in [0.4, 0.5) is 0 Å². The fraction of sp³-hybridized carbons (Fsp3) is 0.727. The van der Waals surface area contributed by atoms with E-state index >= 15 is 0 Å². The molecule has 0 radical (unpaired) electrons. The van der Waals surface area contributed by atoms with Crippen molar-refractivity contribution in [3.05, 3.63) is 12.7 Å². The van der Waals surface area contributed by atoms with Gasteiger partial charge in [-0.25, -0.2) is 4.79 Å². The fourth-order valence-electron chi connectivity index (χ4n) is 2.01. The molecule has 0 aromatic rings.